The minimum atomic E-state index is 0.880. The van der Waals surface area contributed by atoms with E-state index in [1.165, 1.54) is 0 Å². The first-order chi connectivity index (χ1) is 4.97. The summed E-state index contributed by atoms with van der Waals surface area (Å²) < 4.78 is 5.18. The second kappa shape index (κ2) is 2.18. The normalized spacial score (nSPS) is 14.0. The van der Waals surface area contributed by atoms with Gasteiger partial charge in [0, 0.05) is 12.0 Å². The summed E-state index contributed by atoms with van der Waals surface area (Å²) in [5, 5.41) is 0. The van der Waals surface area contributed by atoms with Crippen LogP contribution in [0.3, 0.4) is 0 Å². The Kier molecular flexibility index (Phi) is 1.21. The van der Waals surface area contributed by atoms with Crippen molar-refractivity contribution < 1.29 is 4.74 Å². The monoisotopic (exact) mass is 130 g/mol. The average molecular weight is 130 g/mol. The third kappa shape index (κ3) is 0.798. The molecule has 1 aliphatic rings. The molecule has 0 N–H and O–H groups in total. The van der Waals surface area contributed by atoms with Gasteiger partial charge in [-0.2, -0.15) is 0 Å². The van der Waals surface area contributed by atoms with Gasteiger partial charge in [-0.25, -0.2) is 0 Å². The van der Waals surface area contributed by atoms with Crippen LogP contribution in [0.1, 0.15) is 5.56 Å². The second-order valence-corrected chi connectivity index (χ2v) is 2.06. The lowest BCUT2D eigenvalue weighted by Crippen LogP contribution is -1.93. The van der Waals surface area contributed by atoms with Crippen LogP contribution in [-0.2, 0) is 0 Å². The van der Waals surface area contributed by atoms with E-state index in [0.717, 1.165) is 11.3 Å². The number of fused-ring (bicyclic) bond motifs is 1. The predicted octanol–water partition coefficient (Wildman–Crippen LogP) is 1.95. The molecule has 1 aromatic rings. The van der Waals surface area contributed by atoms with E-state index in [4.69, 9.17) is 4.74 Å². The fourth-order valence-electron chi connectivity index (χ4n) is 0.915. The second-order valence-electron chi connectivity index (χ2n) is 2.06. The van der Waals surface area contributed by atoms with Gasteiger partial charge >= 0.3 is 0 Å². The zero-order chi connectivity index (χ0) is 6.81. The van der Waals surface area contributed by atoms with E-state index in [0.29, 0.717) is 0 Å². The van der Waals surface area contributed by atoms with Gasteiger partial charge < -0.3 is 4.74 Å². The number of allylic oxidation sites excluding steroid dienone is 1. The average Bonchev–Trinajstić information content (AvgIpc) is 2.05. The van der Waals surface area contributed by atoms with E-state index in [9.17, 15) is 0 Å². The van der Waals surface area contributed by atoms with Crippen molar-refractivity contribution in [1.82, 2.24) is 0 Å². The molecule has 1 nitrogen and oxygen atoms in total. The molecule has 0 saturated carbocycles. The van der Waals surface area contributed by atoms with Gasteiger partial charge in [0.15, 0.2) is 0 Å². The Morgan fingerprint density at radius 2 is 2.40 bits per heavy atom. The van der Waals surface area contributed by atoms with Crippen LogP contribution in [0.4, 0.5) is 0 Å². The summed E-state index contributed by atoms with van der Waals surface area (Å²) in [4.78, 5) is 0. The Morgan fingerprint density at radius 3 is 3.30 bits per heavy atom. The zero-order valence-corrected chi connectivity index (χ0v) is 5.37. The first-order valence-electron chi connectivity index (χ1n) is 3.14. The van der Waals surface area contributed by atoms with Gasteiger partial charge in [-0.1, -0.05) is 12.1 Å². The van der Waals surface area contributed by atoms with Gasteiger partial charge in [0.25, 0.3) is 0 Å². The minimum Gasteiger partial charge on any atom is -0.465 e. The standard InChI is InChI=1S/C9H6O/c1-2-6-9-8(4-1)5-3-7-10-9/h1-3,5-7H. The Hall–Kier alpha value is -1.24. The van der Waals surface area contributed by atoms with Gasteiger partial charge in [0.1, 0.15) is 5.75 Å². The Balaban J connectivity index is 2.47. The SMILES string of the molecule is [c]1cccc2c1[CH]C=CO2. The van der Waals surface area contributed by atoms with Crippen molar-refractivity contribution in [2.75, 3.05) is 0 Å². The van der Waals surface area contributed by atoms with Crippen LogP contribution >= 0.6 is 0 Å². The van der Waals surface area contributed by atoms with E-state index in [2.05, 4.69) is 6.07 Å². The topological polar surface area (TPSA) is 9.23 Å². The molecule has 0 aliphatic carbocycles. The van der Waals surface area contributed by atoms with Crippen LogP contribution in [0.15, 0.2) is 30.5 Å². The van der Waals surface area contributed by atoms with E-state index in [1.807, 2.05) is 30.7 Å². The fourth-order valence-corrected chi connectivity index (χ4v) is 0.915. The van der Waals surface area contributed by atoms with Crippen LogP contribution in [0.2, 0.25) is 0 Å². The van der Waals surface area contributed by atoms with Crippen molar-refractivity contribution >= 4 is 0 Å². The lowest BCUT2D eigenvalue weighted by molar-refractivity contribution is 0.472. The molecule has 1 aromatic carbocycles. The summed E-state index contributed by atoms with van der Waals surface area (Å²) in [7, 11) is 0. The smallest absolute Gasteiger partial charge is 0.130 e. The molecule has 0 fully saturated rings. The summed E-state index contributed by atoms with van der Waals surface area (Å²) in [5.74, 6) is 0.880. The van der Waals surface area contributed by atoms with Crippen molar-refractivity contribution in [2.24, 2.45) is 0 Å². The minimum absolute atomic E-state index is 0.880. The van der Waals surface area contributed by atoms with Gasteiger partial charge in [0.05, 0.1) is 6.26 Å². The van der Waals surface area contributed by atoms with Gasteiger partial charge in [-0.3, -0.25) is 0 Å². The molecule has 0 bridgehead atoms. The summed E-state index contributed by atoms with van der Waals surface area (Å²) in [6, 6.07) is 8.76. The van der Waals surface area contributed by atoms with E-state index in [1.54, 1.807) is 6.26 Å². The van der Waals surface area contributed by atoms with Crippen molar-refractivity contribution in [2.45, 2.75) is 0 Å². The molecule has 2 rings (SSSR count). The van der Waals surface area contributed by atoms with Crippen molar-refractivity contribution in [3.8, 4) is 5.75 Å². The number of hydrogen-bond acceptors (Lipinski definition) is 1. The van der Waals surface area contributed by atoms with Crippen molar-refractivity contribution in [3.05, 3.63) is 48.6 Å². The highest BCUT2D eigenvalue weighted by Gasteiger charge is 2.03. The Labute approximate surface area is 59.9 Å². The maximum absolute atomic E-state index is 5.18. The third-order valence-corrected chi connectivity index (χ3v) is 1.38. The first kappa shape index (κ1) is 5.54. The van der Waals surface area contributed by atoms with Crippen LogP contribution in [-0.4, -0.2) is 0 Å². The number of rotatable bonds is 0. The lowest BCUT2D eigenvalue weighted by Gasteiger charge is -2.08. The van der Waals surface area contributed by atoms with E-state index < -0.39 is 0 Å². The molecule has 0 spiro atoms. The Morgan fingerprint density at radius 1 is 1.40 bits per heavy atom. The highest BCUT2D eigenvalue weighted by Crippen LogP contribution is 2.22. The molecule has 1 heteroatoms. The van der Waals surface area contributed by atoms with E-state index in [-0.39, 0.29) is 0 Å². The molecular formula is C9H6O. The predicted molar refractivity (Wildman–Crippen MR) is 38.4 cm³/mol. The molecule has 10 heavy (non-hydrogen) atoms. The number of ether oxygens (including phenoxy) is 1. The summed E-state index contributed by atoms with van der Waals surface area (Å²) >= 11 is 0. The molecule has 1 heterocycles. The molecule has 0 unspecified atom stereocenters. The maximum Gasteiger partial charge on any atom is 0.130 e. The zero-order valence-electron chi connectivity index (χ0n) is 5.37. The Bertz CT molecular complexity index is 236. The number of benzene rings is 1. The van der Waals surface area contributed by atoms with E-state index >= 15 is 0 Å². The fraction of sp³-hybridized carbons (Fsp3) is 0. The van der Waals surface area contributed by atoms with Crippen molar-refractivity contribution in [3.63, 3.8) is 0 Å². The summed E-state index contributed by atoms with van der Waals surface area (Å²) in [6.07, 6.45) is 5.49. The molecule has 48 valence electrons. The van der Waals surface area contributed by atoms with Crippen LogP contribution in [0, 0.1) is 12.5 Å². The molecule has 2 radical (unpaired) electrons. The molecular weight excluding hydrogens is 124 g/mol. The highest BCUT2D eigenvalue weighted by molar-refractivity contribution is 5.42. The van der Waals surface area contributed by atoms with Crippen LogP contribution < -0.4 is 4.74 Å². The summed E-state index contributed by atoms with van der Waals surface area (Å²) in [5.41, 5.74) is 1.02. The first-order valence-corrected chi connectivity index (χ1v) is 3.14. The maximum atomic E-state index is 5.18. The molecule has 0 aromatic heterocycles. The largest absolute Gasteiger partial charge is 0.465 e. The van der Waals surface area contributed by atoms with Crippen LogP contribution in [0.5, 0.6) is 5.75 Å². The van der Waals surface area contributed by atoms with Gasteiger partial charge in [0.2, 0.25) is 0 Å². The quantitative estimate of drug-likeness (QED) is 0.521. The van der Waals surface area contributed by atoms with Gasteiger partial charge in [-0.15, -0.1) is 0 Å². The van der Waals surface area contributed by atoms with Crippen molar-refractivity contribution in [1.29, 1.82) is 0 Å². The molecule has 0 amide bonds. The summed E-state index contributed by atoms with van der Waals surface area (Å²) in [6.45, 7) is 0. The molecule has 0 saturated heterocycles. The molecule has 1 aliphatic heterocycles. The third-order valence-electron chi connectivity index (χ3n) is 1.38. The van der Waals surface area contributed by atoms with Crippen LogP contribution in [0.25, 0.3) is 0 Å². The number of hydrogen-bond donors (Lipinski definition) is 0. The lowest BCUT2D eigenvalue weighted by atomic mass is 10.1. The van der Waals surface area contributed by atoms with Gasteiger partial charge in [-0.05, 0) is 18.2 Å². The highest BCUT2D eigenvalue weighted by atomic mass is 16.5. The molecule has 0 atom stereocenters.